The molecule has 0 bridgehead atoms. The minimum absolute atomic E-state index is 0.0288. The molecule has 0 aliphatic carbocycles. The summed E-state index contributed by atoms with van der Waals surface area (Å²) in [7, 11) is 0. The van der Waals surface area contributed by atoms with Crippen molar-refractivity contribution in [3.63, 3.8) is 0 Å². The molecule has 0 heterocycles. The van der Waals surface area contributed by atoms with Crippen molar-refractivity contribution in [2.24, 2.45) is 11.8 Å². The van der Waals surface area contributed by atoms with Crippen LogP contribution in [-0.4, -0.2) is 68.1 Å². The van der Waals surface area contributed by atoms with E-state index in [0.29, 0.717) is 5.56 Å². The molecule has 0 fully saturated rings. The quantitative estimate of drug-likeness (QED) is 0.107. The molecular weight excluding hydrogens is 526 g/mol. The zero-order valence-electron chi connectivity index (χ0n) is 24.2. The summed E-state index contributed by atoms with van der Waals surface area (Å²) in [5, 5.41) is 12.6. The second-order valence-corrected chi connectivity index (χ2v) is 10.1. The Morgan fingerprint density at radius 3 is 1.98 bits per heavy atom. The number of nitrogens with one attached hydrogen (secondary N) is 1. The highest BCUT2D eigenvalue weighted by Gasteiger charge is 2.22. The predicted octanol–water partition coefficient (Wildman–Crippen LogP) is 5.35. The van der Waals surface area contributed by atoms with Crippen molar-refractivity contribution in [3.05, 3.63) is 23.8 Å². The van der Waals surface area contributed by atoms with E-state index in [-0.39, 0.29) is 56.1 Å². The van der Waals surface area contributed by atoms with Gasteiger partial charge in [-0.15, -0.1) is 0 Å². The fraction of sp³-hybridized carbons (Fsp3) is 0.643. The van der Waals surface area contributed by atoms with Crippen LogP contribution in [0.15, 0.2) is 18.2 Å². The van der Waals surface area contributed by atoms with Crippen molar-refractivity contribution >= 4 is 24.4 Å². The molecule has 40 heavy (non-hydrogen) atoms. The van der Waals surface area contributed by atoms with E-state index in [2.05, 4.69) is 5.32 Å². The predicted molar refractivity (Wildman–Crippen MR) is 145 cm³/mol. The van der Waals surface area contributed by atoms with Crippen molar-refractivity contribution in [3.8, 4) is 11.5 Å². The fourth-order valence-corrected chi connectivity index (χ4v) is 3.09. The number of carbonyl (C=O) groups is 4. The summed E-state index contributed by atoms with van der Waals surface area (Å²) in [6, 6.07) is 3.21. The average Bonchev–Trinajstić information content (AvgIpc) is 2.87. The number of benzene rings is 1. The van der Waals surface area contributed by atoms with Crippen molar-refractivity contribution in [1.29, 1.82) is 0 Å². The first-order chi connectivity index (χ1) is 18.9. The Morgan fingerprint density at radius 2 is 1.43 bits per heavy atom. The molecule has 0 spiro atoms. The molecule has 1 unspecified atom stereocenters. The molecule has 1 aromatic rings. The van der Waals surface area contributed by atoms with Crippen molar-refractivity contribution in [2.75, 3.05) is 26.4 Å². The van der Waals surface area contributed by atoms with E-state index >= 15 is 0 Å². The van der Waals surface area contributed by atoms with Crippen LogP contribution in [0.1, 0.15) is 66.4 Å². The number of rotatable bonds is 17. The van der Waals surface area contributed by atoms with Crippen LogP contribution in [0.4, 0.5) is 14.4 Å². The zero-order valence-corrected chi connectivity index (χ0v) is 24.2. The summed E-state index contributed by atoms with van der Waals surface area (Å²) >= 11 is 0. The smallest absolute Gasteiger partial charge is 0.480 e. The van der Waals surface area contributed by atoms with E-state index in [1.165, 1.54) is 18.2 Å². The van der Waals surface area contributed by atoms with Gasteiger partial charge in [0, 0.05) is 6.54 Å². The normalized spacial score (nSPS) is 12.4. The number of aliphatic carboxylic acids is 1. The molecule has 0 saturated heterocycles. The highest BCUT2D eigenvalue weighted by atomic mass is 16.7. The molecule has 12 nitrogen and oxygen atoms in total. The van der Waals surface area contributed by atoms with Crippen LogP contribution < -0.4 is 14.8 Å². The second kappa shape index (κ2) is 18.7. The van der Waals surface area contributed by atoms with E-state index in [0.717, 1.165) is 19.3 Å². The first-order valence-corrected chi connectivity index (χ1v) is 13.5. The third kappa shape index (κ3) is 15.2. The largest absolute Gasteiger partial charge is 0.513 e. The zero-order chi connectivity index (χ0) is 30.1. The van der Waals surface area contributed by atoms with Crippen molar-refractivity contribution < 1.29 is 52.7 Å². The molecule has 12 heteroatoms. The van der Waals surface area contributed by atoms with E-state index in [1.807, 2.05) is 34.6 Å². The van der Waals surface area contributed by atoms with Gasteiger partial charge in [0.1, 0.15) is 12.1 Å². The summed E-state index contributed by atoms with van der Waals surface area (Å²) in [4.78, 5) is 48.0. The molecular formula is C28H43NO11. The van der Waals surface area contributed by atoms with Gasteiger partial charge < -0.3 is 38.8 Å². The molecule has 0 aliphatic heterocycles. The molecule has 0 radical (unpaired) electrons. The van der Waals surface area contributed by atoms with Crippen molar-refractivity contribution in [1.82, 2.24) is 5.32 Å². The number of ether oxygens (including phenoxy) is 6. The number of carbonyl (C=O) groups excluding carboxylic acids is 3. The van der Waals surface area contributed by atoms with Gasteiger partial charge in [0.15, 0.2) is 11.5 Å². The minimum Gasteiger partial charge on any atom is -0.480 e. The molecule has 0 aromatic heterocycles. The van der Waals surface area contributed by atoms with Gasteiger partial charge in [-0.25, -0.2) is 14.4 Å². The Labute approximate surface area is 235 Å². The number of hydrogen-bond acceptors (Lipinski definition) is 11. The van der Waals surface area contributed by atoms with E-state index in [9.17, 15) is 24.3 Å². The van der Waals surface area contributed by atoms with Crippen LogP contribution >= 0.6 is 0 Å². The topological polar surface area (TPSA) is 156 Å². The van der Waals surface area contributed by atoms with E-state index < -0.39 is 36.6 Å². The highest BCUT2D eigenvalue weighted by molar-refractivity contribution is 5.74. The van der Waals surface area contributed by atoms with Gasteiger partial charge in [-0.1, -0.05) is 53.5 Å². The minimum atomic E-state index is -1.15. The summed E-state index contributed by atoms with van der Waals surface area (Å²) in [6.07, 6.45) is -0.815. The summed E-state index contributed by atoms with van der Waals surface area (Å²) in [6.45, 7) is 11.6. The Hall–Kier alpha value is -3.54. The molecule has 0 aliphatic rings. The van der Waals surface area contributed by atoms with Gasteiger partial charge in [-0.3, -0.25) is 4.79 Å². The lowest BCUT2D eigenvalue weighted by Crippen LogP contribution is -2.42. The van der Waals surface area contributed by atoms with Crippen molar-refractivity contribution in [2.45, 2.75) is 79.4 Å². The molecule has 0 saturated carbocycles. The van der Waals surface area contributed by atoms with Crippen LogP contribution in [-0.2, 0) is 30.2 Å². The molecule has 1 rings (SSSR count). The fourth-order valence-electron chi connectivity index (χ4n) is 3.09. The van der Waals surface area contributed by atoms with Crippen LogP contribution in [0.3, 0.4) is 0 Å². The standard InChI is InChI=1S/C28H43NO11/c1-7-8-9-12-35-26(32)38-20(6)15-29-22(25(30)31)13-21-10-11-23(39-27(33)36-16-18(2)3)24(14-21)40-28(34)37-17-19(4)5/h10-11,14,18-20,22,29H,7-9,12-13,15-17H2,1-6H3,(H,30,31)/t20?,22-/m0/s1. The summed E-state index contributed by atoms with van der Waals surface area (Å²) < 4.78 is 30.7. The third-order valence-corrected chi connectivity index (χ3v) is 5.12. The van der Waals surface area contributed by atoms with E-state index in [1.54, 1.807) is 6.92 Å². The molecule has 0 amide bonds. The molecule has 2 atom stereocenters. The Balaban J connectivity index is 2.89. The summed E-state index contributed by atoms with van der Waals surface area (Å²) in [5.41, 5.74) is 0.457. The first-order valence-electron chi connectivity index (χ1n) is 13.5. The number of hydrogen-bond donors (Lipinski definition) is 2. The van der Waals surface area contributed by atoms with Gasteiger partial charge in [-0.2, -0.15) is 0 Å². The lowest BCUT2D eigenvalue weighted by molar-refractivity contribution is -0.139. The molecule has 1 aromatic carbocycles. The number of carboxylic acid groups (broad SMARTS) is 1. The Kier molecular flexibility index (Phi) is 16.1. The SMILES string of the molecule is CCCCCOC(=O)OC(C)CN[C@@H](Cc1ccc(OC(=O)OCC(C)C)c(OC(=O)OCC(C)C)c1)C(=O)O. The first kappa shape index (κ1) is 34.5. The molecule has 2 N–H and O–H groups in total. The second-order valence-electron chi connectivity index (χ2n) is 10.1. The van der Waals surface area contributed by atoms with E-state index in [4.69, 9.17) is 28.4 Å². The van der Waals surface area contributed by atoms with Gasteiger partial charge in [-0.05, 0) is 49.3 Å². The van der Waals surface area contributed by atoms with Gasteiger partial charge >= 0.3 is 24.4 Å². The lowest BCUT2D eigenvalue weighted by atomic mass is 10.0. The number of carboxylic acids is 1. The van der Waals surface area contributed by atoms with Crippen LogP contribution in [0.2, 0.25) is 0 Å². The monoisotopic (exact) mass is 569 g/mol. The maximum Gasteiger partial charge on any atom is 0.513 e. The van der Waals surface area contributed by atoms with Crippen LogP contribution in [0.5, 0.6) is 11.5 Å². The van der Waals surface area contributed by atoms with Gasteiger partial charge in [0.25, 0.3) is 0 Å². The Bertz CT molecular complexity index is 948. The molecule has 226 valence electrons. The van der Waals surface area contributed by atoms with Crippen LogP contribution in [0, 0.1) is 11.8 Å². The third-order valence-electron chi connectivity index (χ3n) is 5.12. The average molecular weight is 570 g/mol. The maximum atomic E-state index is 12.2. The number of unbranched alkanes of at least 4 members (excludes halogenated alkanes) is 2. The maximum absolute atomic E-state index is 12.2. The van der Waals surface area contributed by atoms with Gasteiger partial charge in [0.2, 0.25) is 0 Å². The van der Waals surface area contributed by atoms with Gasteiger partial charge in [0.05, 0.1) is 19.8 Å². The lowest BCUT2D eigenvalue weighted by Gasteiger charge is -2.19. The summed E-state index contributed by atoms with van der Waals surface area (Å²) in [5.74, 6) is -1.23. The Morgan fingerprint density at radius 1 is 0.825 bits per heavy atom. The van der Waals surface area contributed by atoms with Crippen LogP contribution in [0.25, 0.3) is 0 Å². The highest BCUT2D eigenvalue weighted by Crippen LogP contribution is 2.30.